The zero-order valence-corrected chi connectivity index (χ0v) is 22.0. The molecule has 2 heterocycles. The first-order chi connectivity index (χ1) is 17.7. The Morgan fingerprint density at radius 1 is 1.03 bits per heavy atom. The normalized spacial score (nSPS) is 18.5. The summed E-state index contributed by atoms with van der Waals surface area (Å²) < 4.78 is 11.9. The largest absolute Gasteiger partial charge is 0.462 e. The first kappa shape index (κ1) is 26.5. The Hall–Kier alpha value is -2.61. The van der Waals surface area contributed by atoms with Crippen LogP contribution in [0.2, 0.25) is 0 Å². The Morgan fingerprint density at radius 2 is 1.75 bits per heavy atom. The molecule has 1 fully saturated rings. The number of thioether (sulfide) groups is 1. The van der Waals surface area contributed by atoms with Gasteiger partial charge < -0.3 is 19.7 Å². The van der Waals surface area contributed by atoms with Crippen molar-refractivity contribution >= 4 is 22.9 Å². The number of hydrogen-bond donors (Lipinski definition) is 1. The fraction of sp³-hybridized carbons (Fsp3) is 0.448. The number of nitrogens with one attached hydrogen (secondary N) is 1. The van der Waals surface area contributed by atoms with Gasteiger partial charge in [0, 0.05) is 6.54 Å². The van der Waals surface area contributed by atoms with Gasteiger partial charge in [0.15, 0.2) is 5.17 Å². The lowest BCUT2D eigenvalue weighted by Crippen LogP contribution is -2.35. The first-order valence-corrected chi connectivity index (χ1v) is 14.1. The average molecular weight is 508 g/mol. The molecule has 1 atom stereocenters. The molecule has 2 aromatic carbocycles. The van der Waals surface area contributed by atoms with Gasteiger partial charge in [0.05, 0.1) is 31.1 Å². The second-order valence-electron chi connectivity index (χ2n) is 9.15. The molecule has 2 aliphatic rings. The summed E-state index contributed by atoms with van der Waals surface area (Å²) >= 11 is 1.53. The van der Waals surface area contributed by atoms with Gasteiger partial charge in [0.1, 0.15) is 6.04 Å². The van der Waals surface area contributed by atoms with Crippen molar-refractivity contribution in [1.82, 2.24) is 10.2 Å². The first-order valence-electron chi connectivity index (χ1n) is 12.9. The van der Waals surface area contributed by atoms with Crippen molar-refractivity contribution in [3.63, 3.8) is 0 Å². The second-order valence-corrected chi connectivity index (χ2v) is 9.94. The van der Waals surface area contributed by atoms with Crippen molar-refractivity contribution in [1.29, 1.82) is 0 Å². The van der Waals surface area contributed by atoms with E-state index in [4.69, 9.17) is 14.5 Å². The van der Waals surface area contributed by atoms with Crippen LogP contribution < -0.4 is 5.32 Å². The minimum Gasteiger partial charge on any atom is -0.462 e. The maximum Gasteiger partial charge on any atom is 0.338 e. The molecule has 0 aliphatic carbocycles. The summed E-state index contributed by atoms with van der Waals surface area (Å²) in [6.07, 6.45) is 7.47. The smallest absolute Gasteiger partial charge is 0.338 e. The molecule has 0 saturated carbocycles. The molecule has 1 saturated heterocycles. The van der Waals surface area contributed by atoms with E-state index in [0.29, 0.717) is 25.4 Å². The molecule has 0 radical (unpaired) electrons. The predicted octanol–water partition coefficient (Wildman–Crippen LogP) is 4.98. The van der Waals surface area contributed by atoms with Crippen LogP contribution in [0.15, 0.2) is 76.9 Å². The number of ether oxygens (including phenoxy) is 2. The zero-order valence-electron chi connectivity index (χ0n) is 21.2. The highest BCUT2D eigenvalue weighted by atomic mass is 32.2. The topological polar surface area (TPSA) is 63.2 Å². The highest BCUT2D eigenvalue weighted by molar-refractivity contribution is 8.13. The summed E-state index contributed by atoms with van der Waals surface area (Å²) in [5.41, 5.74) is 3.49. The third kappa shape index (κ3) is 7.69. The van der Waals surface area contributed by atoms with Crippen molar-refractivity contribution in [2.75, 3.05) is 45.7 Å². The molecule has 1 N–H and O–H groups in total. The van der Waals surface area contributed by atoms with Crippen LogP contribution in [-0.2, 0) is 20.7 Å². The Bertz CT molecular complexity index is 1020. The van der Waals surface area contributed by atoms with E-state index in [2.05, 4.69) is 22.3 Å². The van der Waals surface area contributed by atoms with Gasteiger partial charge in [-0.1, -0.05) is 78.8 Å². The summed E-state index contributed by atoms with van der Waals surface area (Å²) in [4.78, 5) is 20.7. The fourth-order valence-corrected chi connectivity index (χ4v) is 5.06. The summed E-state index contributed by atoms with van der Waals surface area (Å²) in [6, 6.07) is 19.8. The summed E-state index contributed by atoms with van der Waals surface area (Å²) in [7, 11) is 0. The highest BCUT2D eigenvalue weighted by Crippen LogP contribution is 2.33. The lowest BCUT2D eigenvalue weighted by Gasteiger charge is -2.28. The number of amidine groups is 1. The number of likely N-dealkylation sites (tertiary alicyclic amines) is 1. The number of esters is 1. The van der Waals surface area contributed by atoms with Crippen molar-refractivity contribution in [3.05, 3.63) is 83.1 Å². The summed E-state index contributed by atoms with van der Waals surface area (Å²) in [6.45, 7) is 4.52. The van der Waals surface area contributed by atoms with E-state index in [0.717, 1.165) is 48.9 Å². The van der Waals surface area contributed by atoms with Gasteiger partial charge in [-0.05, 0) is 56.2 Å². The SMILES string of the molecule is CSC1=NC(c2ccccc2)C(C(=O)OCCCc2ccccc2)=C(COCCN2CCCCC2)N1. The van der Waals surface area contributed by atoms with Gasteiger partial charge in [-0.25, -0.2) is 9.79 Å². The highest BCUT2D eigenvalue weighted by Gasteiger charge is 2.32. The van der Waals surface area contributed by atoms with Gasteiger partial charge in [0.25, 0.3) is 0 Å². The average Bonchev–Trinajstić information content (AvgIpc) is 2.94. The van der Waals surface area contributed by atoms with E-state index >= 15 is 0 Å². The van der Waals surface area contributed by atoms with Crippen molar-refractivity contribution in [2.45, 2.75) is 38.1 Å². The number of rotatable bonds is 11. The summed E-state index contributed by atoms with van der Waals surface area (Å²) in [5, 5.41) is 4.12. The zero-order chi connectivity index (χ0) is 25.0. The van der Waals surface area contributed by atoms with Gasteiger partial charge in [-0.3, -0.25) is 0 Å². The van der Waals surface area contributed by atoms with Crippen LogP contribution in [0.4, 0.5) is 0 Å². The van der Waals surface area contributed by atoms with Crippen LogP contribution in [0.5, 0.6) is 0 Å². The van der Waals surface area contributed by atoms with Crippen LogP contribution in [0.25, 0.3) is 0 Å². The van der Waals surface area contributed by atoms with E-state index < -0.39 is 6.04 Å². The lowest BCUT2D eigenvalue weighted by molar-refractivity contribution is -0.139. The molecule has 1 unspecified atom stereocenters. The molecule has 0 aromatic heterocycles. The minimum absolute atomic E-state index is 0.325. The molecule has 36 heavy (non-hydrogen) atoms. The Labute approximate surface area is 219 Å². The minimum atomic E-state index is -0.419. The van der Waals surface area contributed by atoms with Crippen LogP contribution in [0.3, 0.4) is 0 Å². The van der Waals surface area contributed by atoms with Crippen molar-refractivity contribution < 1.29 is 14.3 Å². The monoisotopic (exact) mass is 507 g/mol. The molecule has 0 spiro atoms. The molecular weight excluding hydrogens is 470 g/mol. The van der Waals surface area contributed by atoms with E-state index in [1.165, 1.54) is 36.6 Å². The van der Waals surface area contributed by atoms with Crippen LogP contribution >= 0.6 is 11.8 Å². The lowest BCUT2D eigenvalue weighted by atomic mass is 9.96. The molecule has 7 heteroatoms. The van der Waals surface area contributed by atoms with E-state index in [9.17, 15) is 4.79 Å². The number of hydrogen-bond acceptors (Lipinski definition) is 7. The molecule has 2 aromatic rings. The maximum atomic E-state index is 13.4. The Balaban J connectivity index is 1.44. The second kappa shape index (κ2) is 14.2. The molecule has 6 nitrogen and oxygen atoms in total. The van der Waals surface area contributed by atoms with E-state index in [1.54, 1.807) is 0 Å². The number of benzene rings is 2. The van der Waals surface area contributed by atoms with E-state index in [-0.39, 0.29) is 5.97 Å². The molecule has 0 amide bonds. The third-order valence-electron chi connectivity index (χ3n) is 6.56. The maximum absolute atomic E-state index is 13.4. The van der Waals surface area contributed by atoms with Crippen LogP contribution in [0.1, 0.15) is 42.9 Å². The standard InChI is InChI=1S/C29H37N3O3S/c1-36-29-30-25(22-34-21-19-32-17-9-4-10-18-32)26(27(31-29)24-15-7-3-8-16-24)28(33)35-20-11-14-23-12-5-2-6-13-23/h2-3,5-8,12-13,15-16,27H,4,9-11,14,17-22H2,1H3,(H,30,31). The number of nitrogens with zero attached hydrogens (tertiary/aromatic N) is 2. The molecular formula is C29H37N3O3S. The van der Waals surface area contributed by atoms with Gasteiger partial charge in [-0.15, -0.1) is 0 Å². The Morgan fingerprint density at radius 3 is 2.47 bits per heavy atom. The van der Waals surface area contributed by atoms with Gasteiger partial charge >= 0.3 is 5.97 Å². The number of aryl methyl sites for hydroxylation is 1. The third-order valence-corrected chi connectivity index (χ3v) is 7.16. The predicted molar refractivity (Wildman–Crippen MR) is 147 cm³/mol. The summed E-state index contributed by atoms with van der Waals surface area (Å²) in [5.74, 6) is -0.331. The van der Waals surface area contributed by atoms with Gasteiger partial charge in [0.2, 0.25) is 0 Å². The van der Waals surface area contributed by atoms with Crippen molar-refractivity contribution in [3.8, 4) is 0 Å². The number of aliphatic imine (C=N–C) groups is 1. The molecule has 4 rings (SSSR count). The molecule has 2 aliphatic heterocycles. The van der Waals surface area contributed by atoms with Crippen LogP contribution in [-0.4, -0.2) is 61.7 Å². The molecule has 192 valence electrons. The van der Waals surface area contributed by atoms with Gasteiger partial charge in [-0.2, -0.15) is 0 Å². The Kier molecular flexibility index (Phi) is 10.4. The quantitative estimate of drug-likeness (QED) is 0.342. The number of carbonyl (C=O) groups is 1. The number of carbonyl (C=O) groups excluding carboxylic acids is 1. The number of piperidine rings is 1. The van der Waals surface area contributed by atoms with E-state index in [1.807, 2.05) is 54.8 Å². The van der Waals surface area contributed by atoms with Crippen molar-refractivity contribution in [2.24, 2.45) is 4.99 Å². The fourth-order valence-electron chi connectivity index (χ4n) is 4.62. The molecule has 0 bridgehead atoms. The van der Waals surface area contributed by atoms with Crippen LogP contribution in [0, 0.1) is 0 Å².